The first-order valence-corrected chi connectivity index (χ1v) is 10.0. The lowest BCUT2D eigenvalue weighted by Crippen LogP contribution is -2.44. The summed E-state index contributed by atoms with van der Waals surface area (Å²) in [5.41, 5.74) is 0.814. The molecule has 1 aliphatic heterocycles. The number of imide groups is 1. The van der Waals surface area contributed by atoms with Crippen LogP contribution in [0.1, 0.15) is 37.8 Å². The fourth-order valence-electron chi connectivity index (χ4n) is 3.20. The predicted octanol–water partition coefficient (Wildman–Crippen LogP) is 3.76. The van der Waals surface area contributed by atoms with E-state index in [9.17, 15) is 9.59 Å². The topological polar surface area (TPSA) is 80.2 Å². The number of aryl methyl sites for hydroxylation is 1. The van der Waals surface area contributed by atoms with Gasteiger partial charge in [-0.05, 0) is 55.5 Å². The summed E-state index contributed by atoms with van der Waals surface area (Å²) in [6.45, 7) is 4.35. The highest BCUT2D eigenvalue weighted by Crippen LogP contribution is 2.28. The maximum absolute atomic E-state index is 12.9. The molecule has 0 unspecified atom stereocenters. The average Bonchev–Trinajstić information content (AvgIpc) is 2.98. The van der Waals surface area contributed by atoms with Gasteiger partial charge in [0.15, 0.2) is 11.5 Å². The van der Waals surface area contributed by atoms with Gasteiger partial charge in [0.25, 0.3) is 5.91 Å². The normalized spacial score (nSPS) is 18.7. The fourth-order valence-corrected chi connectivity index (χ4v) is 3.20. The molecule has 2 aromatic rings. The van der Waals surface area contributed by atoms with E-state index in [1.807, 2.05) is 37.3 Å². The molecule has 2 aromatic carbocycles. The third-order valence-corrected chi connectivity index (χ3v) is 4.97. The summed E-state index contributed by atoms with van der Waals surface area (Å²) in [7, 11) is 1.56. The largest absolute Gasteiger partial charge is 0.493 e. The van der Waals surface area contributed by atoms with Crippen LogP contribution in [-0.4, -0.2) is 42.4 Å². The predicted molar refractivity (Wildman–Crippen MR) is 115 cm³/mol. The molecule has 1 aliphatic rings. The van der Waals surface area contributed by atoms with Crippen molar-refractivity contribution in [3.63, 3.8) is 0 Å². The van der Waals surface area contributed by atoms with E-state index in [0.717, 1.165) is 17.0 Å². The van der Waals surface area contributed by atoms with Crippen molar-refractivity contribution in [3.8, 4) is 11.5 Å². The van der Waals surface area contributed by atoms with Gasteiger partial charge in [0.2, 0.25) is 0 Å². The number of hydrogen-bond donors (Lipinski definition) is 1. The molecular weight excluding hydrogens is 382 g/mol. The summed E-state index contributed by atoms with van der Waals surface area (Å²) in [5, 5.41) is 7.78. The molecule has 3 amide bonds. The van der Waals surface area contributed by atoms with Gasteiger partial charge in [0.05, 0.1) is 19.9 Å². The summed E-state index contributed by atoms with van der Waals surface area (Å²) in [4.78, 5) is 25.2. The van der Waals surface area contributed by atoms with E-state index >= 15 is 0 Å². The maximum atomic E-state index is 12.9. The Balaban J connectivity index is 1.69. The maximum Gasteiger partial charge on any atom is 0.346 e. The highest BCUT2D eigenvalue weighted by Gasteiger charge is 2.47. The van der Waals surface area contributed by atoms with Gasteiger partial charge in [-0.3, -0.25) is 4.79 Å². The van der Waals surface area contributed by atoms with Crippen molar-refractivity contribution in [3.05, 3.63) is 59.7 Å². The summed E-state index contributed by atoms with van der Waals surface area (Å²) < 4.78 is 11.0. The van der Waals surface area contributed by atoms with Gasteiger partial charge in [0.1, 0.15) is 5.54 Å². The Morgan fingerprint density at radius 2 is 1.90 bits per heavy atom. The number of urea groups is 1. The molecule has 0 spiro atoms. The highest BCUT2D eigenvalue weighted by atomic mass is 16.5. The Kier molecular flexibility index (Phi) is 6.72. The number of amides is 3. The molecule has 7 nitrogen and oxygen atoms in total. The molecule has 1 heterocycles. The first kappa shape index (κ1) is 21.4. The molecule has 1 N–H and O–H groups in total. The number of carbonyl (C=O) groups excluding carboxylic acids is 2. The summed E-state index contributed by atoms with van der Waals surface area (Å²) in [6.07, 6.45) is 3.52. The molecular formula is C23H27N3O4. The van der Waals surface area contributed by atoms with Crippen LogP contribution in [0.2, 0.25) is 0 Å². The minimum atomic E-state index is -0.986. The average molecular weight is 409 g/mol. The zero-order valence-electron chi connectivity index (χ0n) is 17.6. The number of nitrogens with zero attached hydrogens (tertiary/aromatic N) is 2. The zero-order valence-corrected chi connectivity index (χ0v) is 17.6. The van der Waals surface area contributed by atoms with Gasteiger partial charge in [-0.2, -0.15) is 5.10 Å². The standard InChI is InChI=1S/C23H27N3O4/c1-4-14-30-19-11-10-18(15-20(19)29-3)16-24-26-21(27)23(2,25-22(26)28)13-12-17-8-6-5-7-9-17/h5-11,15-16H,4,12-14H2,1-3H3,(H,25,28)/b24-16-/t23-/m1/s1. The van der Waals surface area contributed by atoms with E-state index < -0.39 is 11.6 Å². The van der Waals surface area contributed by atoms with Gasteiger partial charge in [-0.25, -0.2) is 4.79 Å². The molecule has 0 bridgehead atoms. The third-order valence-electron chi connectivity index (χ3n) is 4.97. The molecule has 1 saturated heterocycles. The minimum absolute atomic E-state index is 0.366. The van der Waals surface area contributed by atoms with Gasteiger partial charge in [-0.1, -0.05) is 37.3 Å². The molecule has 7 heteroatoms. The quantitative estimate of drug-likeness (QED) is 0.505. The summed E-state index contributed by atoms with van der Waals surface area (Å²) >= 11 is 0. The number of benzene rings is 2. The number of rotatable bonds is 9. The van der Waals surface area contributed by atoms with Crippen molar-refractivity contribution in [2.75, 3.05) is 13.7 Å². The van der Waals surface area contributed by atoms with Crippen molar-refractivity contribution in [2.45, 2.75) is 38.6 Å². The third kappa shape index (κ3) is 4.79. The Labute approximate surface area is 176 Å². The SMILES string of the molecule is CCCOc1ccc(/C=N\N2C(=O)N[C@](C)(CCc3ccccc3)C2=O)cc1OC. The molecule has 0 radical (unpaired) electrons. The zero-order chi connectivity index (χ0) is 21.6. The van der Waals surface area contributed by atoms with Crippen molar-refractivity contribution in [2.24, 2.45) is 5.10 Å². The Hall–Kier alpha value is -3.35. The van der Waals surface area contributed by atoms with Crippen LogP contribution in [0.4, 0.5) is 4.79 Å². The molecule has 1 atom stereocenters. The second-order valence-electron chi connectivity index (χ2n) is 7.37. The van der Waals surface area contributed by atoms with E-state index in [1.165, 1.54) is 6.21 Å². The molecule has 0 aromatic heterocycles. The van der Waals surface area contributed by atoms with Crippen molar-refractivity contribution >= 4 is 18.2 Å². The van der Waals surface area contributed by atoms with E-state index in [2.05, 4.69) is 10.4 Å². The van der Waals surface area contributed by atoms with Crippen LogP contribution in [0.3, 0.4) is 0 Å². The van der Waals surface area contributed by atoms with E-state index in [0.29, 0.717) is 36.5 Å². The molecule has 0 saturated carbocycles. The lowest BCUT2D eigenvalue weighted by Gasteiger charge is -2.20. The highest BCUT2D eigenvalue weighted by molar-refractivity contribution is 6.07. The summed E-state index contributed by atoms with van der Waals surface area (Å²) in [6, 6.07) is 14.7. The van der Waals surface area contributed by atoms with Crippen LogP contribution < -0.4 is 14.8 Å². The van der Waals surface area contributed by atoms with Crippen molar-refractivity contribution in [1.29, 1.82) is 0 Å². The van der Waals surface area contributed by atoms with Gasteiger partial charge >= 0.3 is 6.03 Å². The number of nitrogens with one attached hydrogen (secondary N) is 1. The van der Waals surface area contributed by atoms with Crippen LogP contribution >= 0.6 is 0 Å². The van der Waals surface area contributed by atoms with Crippen LogP contribution in [0.25, 0.3) is 0 Å². The van der Waals surface area contributed by atoms with Gasteiger partial charge < -0.3 is 14.8 Å². The number of ether oxygens (including phenoxy) is 2. The molecule has 3 rings (SSSR count). The van der Waals surface area contributed by atoms with Crippen molar-refractivity contribution in [1.82, 2.24) is 10.3 Å². The van der Waals surface area contributed by atoms with Crippen LogP contribution in [0.5, 0.6) is 11.5 Å². The number of carbonyl (C=O) groups is 2. The minimum Gasteiger partial charge on any atom is -0.493 e. The van der Waals surface area contributed by atoms with Crippen LogP contribution in [0.15, 0.2) is 53.6 Å². The molecule has 0 aliphatic carbocycles. The van der Waals surface area contributed by atoms with E-state index in [-0.39, 0.29) is 5.91 Å². The van der Waals surface area contributed by atoms with Gasteiger partial charge in [0, 0.05) is 0 Å². The molecule has 1 fully saturated rings. The van der Waals surface area contributed by atoms with E-state index in [1.54, 1.807) is 32.2 Å². The molecule has 30 heavy (non-hydrogen) atoms. The van der Waals surface area contributed by atoms with Crippen molar-refractivity contribution < 1.29 is 19.1 Å². The Morgan fingerprint density at radius 3 is 2.60 bits per heavy atom. The number of hydrazone groups is 1. The number of methoxy groups -OCH3 is 1. The van der Waals surface area contributed by atoms with Crippen LogP contribution in [0, 0.1) is 0 Å². The second-order valence-corrected chi connectivity index (χ2v) is 7.37. The lowest BCUT2D eigenvalue weighted by molar-refractivity contribution is -0.130. The monoisotopic (exact) mass is 409 g/mol. The first-order chi connectivity index (χ1) is 14.5. The molecule has 158 valence electrons. The lowest BCUT2D eigenvalue weighted by atomic mass is 9.93. The first-order valence-electron chi connectivity index (χ1n) is 10.0. The smallest absolute Gasteiger partial charge is 0.346 e. The van der Waals surface area contributed by atoms with Crippen LogP contribution in [-0.2, 0) is 11.2 Å². The number of hydrogen-bond acceptors (Lipinski definition) is 5. The van der Waals surface area contributed by atoms with Gasteiger partial charge in [-0.15, -0.1) is 5.01 Å². The fraction of sp³-hybridized carbons (Fsp3) is 0.348. The Morgan fingerprint density at radius 1 is 1.13 bits per heavy atom. The second kappa shape index (κ2) is 9.43. The van der Waals surface area contributed by atoms with E-state index in [4.69, 9.17) is 9.47 Å². The Bertz CT molecular complexity index is 929. The summed E-state index contributed by atoms with van der Waals surface area (Å²) in [5.74, 6) is 0.840.